The van der Waals surface area contributed by atoms with E-state index >= 15 is 0 Å². The van der Waals surface area contributed by atoms with Gasteiger partial charge in [0.15, 0.2) is 5.76 Å². The first-order chi connectivity index (χ1) is 8.01. The summed E-state index contributed by atoms with van der Waals surface area (Å²) >= 11 is 0. The summed E-state index contributed by atoms with van der Waals surface area (Å²) in [6, 6.07) is 3.54. The molecule has 5 nitrogen and oxygen atoms in total. The quantitative estimate of drug-likeness (QED) is 0.868. The highest BCUT2D eigenvalue weighted by atomic mass is 16.7. The third kappa shape index (κ3) is 2.50. The van der Waals surface area contributed by atoms with Crippen LogP contribution in [0.4, 0.5) is 0 Å². The molecule has 1 aliphatic rings. The van der Waals surface area contributed by atoms with Crippen molar-refractivity contribution in [3.05, 3.63) is 23.7 Å². The minimum absolute atomic E-state index is 0.366. The van der Waals surface area contributed by atoms with Gasteiger partial charge in [0, 0.05) is 6.42 Å². The Morgan fingerprint density at radius 3 is 2.71 bits per heavy atom. The van der Waals surface area contributed by atoms with Crippen LogP contribution in [0.2, 0.25) is 0 Å². The maximum absolute atomic E-state index is 10.7. The van der Waals surface area contributed by atoms with Crippen molar-refractivity contribution in [1.82, 2.24) is 0 Å². The number of hydrogen-bond donors (Lipinski definition) is 1. The zero-order valence-corrected chi connectivity index (χ0v) is 9.93. The molecule has 0 saturated carbocycles. The summed E-state index contributed by atoms with van der Waals surface area (Å²) in [4.78, 5) is 10.7. The van der Waals surface area contributed by atoms with Gasteiger partial charge in [-0.2, -0.15) is 0 Å². The van der Waals surface area contributed by atoms with Crippen molar-refractivity contribution in [3.8, 4) is 0 Å². The van der Waals surface area contributed by atoms with Crippen molar-refractivity contribution in [1.29, 1.82) is 0 Å². The molecule has 5 heteroatoms. The van der Waals surface area contributed by atoms with Gasteiger partial charge in [0.25, 0.3) is 0 Å². The summed E-state index contributed by atoms with van der Waals surface area (Å²) in [7, 11) is 0. The average molecular weight is 240 g/mol. The largest absolute Gasteiger partial charge is 0.481 e. The highest BCUT2D eigenvalue weighted by Crippen LogP contribution is 2.32. The zero-order valence-electron chi connectivity index (χ0n) is 9.93. The van der Waals surface area contributed by atoms with Gasteiger partial charge < -0.3 is 19.0 Å². The Hall–Kier alpha value is -1.33. The second-order valence-electron chi connectivity index (χ2n) is 4.35. The fraction of sp³-hybridized carbons (Fsp3) is 0.583. The van der Waals surface area contributed by atoms with E-state index in [9.17, 15) is 4.79 Å². The van der Waals surface area contributed by atoms with Crippen molar-refractivity contribution >= 4 is 5.97 Å². The number of carboxylic acid groups (broad SMARTS) is 1. The molecular weight excluding hydrogens is 224 g/mol. The second kappa shape index (κ2) is 4.50. The lowest BCUT2D eigenvalue weighted by atomic mass is 10.1. The summed E-state index contributed by atoms with van der Waals surface area (Å²) in [5.41, 5.74) is 0. The first-order valence-corrected chi connectivity index (χ1v) is 5.61. The molecule has 1 aromatic rings. The third-order valence-corrected chi connectivity index (χ3v) is 2.88. The molecule has 2 rings (SSSR count). The number of furan rings is 1. The molecule has 1 unspecified atom stereocenters. The first-order valence-electron chi connectivity index (χ1n) is 5.61. The zero-order chi connectivity index (χ0) is 12.5. The fourth-order valence-corrected chi connectivity index (χ4v) is 1.78. The van der Waals surface area contributed by atoms with E-state index in [0.29, 0.717) is 31.2 Å². The number of hydrogen-bond acceptors (Lipinski definition) is 4. The number of rotatable bonds is 4. The Morgan fingerprint density at radius 1 is 1.47 bits per heavy atom. The topological polar surface area (TPSA) is 68.9 Å². The van der Waals surface area contributed by atoms with Crippen molar-refractivity contribution < 1.29 is 23.8 Å². The Kier molecular flexibility index (Phi) is 3.22. The number of ether oxygens (including phenoxy) is 2. The average Bonchev–Trinajstić information content (AvgIpc) is 2.88. The summed E-state index contributed by atoms with van der Waals surface area (Å²) in [5, 5.41) is 8.82. The molecular formula is C12H16O5. The SMILES string of the molecule is CC(Cc1ccc(C2(C)OCCO2)o1)C(=O)O. The lowest BCUT2D eigenvalue weighted by Gasteiger charge is -2.19. The highest BCUT2D eigenvalue weighted by Gasteiger charge is 2.36. The van der Waals surface area contributed by atoms with Crippen LogP contribution in [0.1, 0.15) is 25.4 Å². The molecule has 1 fully saturated rings. The van der Waals surface area contributed by atoms with Crippen LogP contribution in [0.15, 0.2) is 16.5 Å². The predicted molar refractivity (Wildman–Crippen MR) is 58.5 cm³/mol. The minimum atomic E-state index is -0.831. The molecule has 2 heterocycles. The van der Waals surface area contributed by atoms with Crippen molar-refractivity contribution in [3.63, 3.8) is 0 Å². The Balaban J connectivity index is 2.08. The van der Waals surface area contributed by atoms with Gasteiger partial charge in [0.2, 0.25) is 5.79 Å². The molecule has 1 aliphatic heterocycles. The smallest absolute Gasteiger partial charge is 0.306 e. The molecule has 17 heavy (non-hydrogen) atoms. The van der Waals surface area contributed by atoms with E-state index in [2.05, 4.69) is 0 Å². The maximum Gasteiger partial charge on any atom is 0.306 e. The molecule has 0 amide bonds. The normalized spacial score (nSPS) is 20.4. The lowest BCUT2D eigenvalue weighted by molar-refractivity contribution is -0.163. The molecule has 0 aromatic carbocycles. The van der Waals surface area contributed by atoms with Crippen LogP contribution in [-0.4, -0.2) is 24.3 Å². The Morgan fingerprint density at radius 2 is 2.12 bits per heavy atom. The van der Waals surface area contributed by atoms with Gasteiger partial charge in [-0.05, 0) is 19.1 Å². The molecule has 0 spiro atoms. The van der Waals surface area contributed by atoms with Crippen molar-refractivity contribution in [2.45, 2.75) is 26.1 Å². The molecule has 1 N–H and O–H groups in total. The van der Waals surface area contributed by atoms with Gasteiger partial charge in [-0.15, -0.1) is 0 Å². The van der Waals surface area contributed by atoms with E-state index < -0.39 is 17.7 Å². The summed E-state index contributed by atoms with van der Waals surface area (Å²) in [6.45, 7) is 4.52. The van der Waals surface area contributed by atoms with Crippen LogP contribution in [0.5, 0.6) is 0 Å². The second-order valence-corrected chi connectivity index (χ2v) is 4.35. The highest BCUT2D eigenvalue weighted by molar-refractivity contribution is 5.69. The number of carboxylic acids is 1. The maximum atomic E-state index is 10.7. The number of aliphatic carboxylic acids is 1. The monoisotopic (exact) mass is 240 g/mol. The first kappa shape index (κ1) is 12.1. The molecule has 0 aliphatic carbocycles. The van der Waals surface area contributed by atoms with E-state index in [-0.39, 0.29) is 0 Å². The van der Waals surface area contributed by atoms with Gasteiger partial charge >= 0.3 is 5.97 Å². The van der Waals surface area contributed by atoms with Gasteiger partial charge in [0.1, 0.15) is 5.76 Å². The molecule has 1 saturated heterocycles. The van der Waals surface area contributed by atoms with Crippen LogP contribution in [0.25, 0.3) is 0 Å². The van der Waals surface area contributed by atoms with E-state index in [0.717, 1.165) is 0 Å². The van der Waals surface area contributed by atoms with Crippen LogP contribution in [0.3, 0.4) is 0 Å². The summed E-state index contributed by atoms with van der Waals surface area (Å²) in [5.74, 6) is -0.905. The fourth-order valence-electron chi connectivity index (χ4n) is 1.78. The molecule has 1 atom stereocenters. The van der Waals surface area contributed by atoms with Crippen molar-refractivity contribution in [2.24, 2.45) is 5.92 Å². The van der Waals surface area contributed by atoms with Crippen LogP contribution < -0.4 is 0 Å². The Labute approximate surface area is 99.3 Å². The van der Waals surface area contributed by atoms with E-state index in [1.54, 1.807) is 26.0 Å². The van der Waals surface area contributed by atoms with Crippen LogP contribution in [-0.2, 0) is 26.5 Å². The molecule has 0 bridgehead atoms. The third-order valence-electron chi connectivity index (χ3n) is 2.88. The minimum Gasteiger partial charge on any atom is -0.481 e. The lowest BCUT2D eigenvalue weighted by Crippen LogP contribution is -2.21. The van der Waals surface area contributed by atoms with Crippen LogP contribution in [0, 0.1) is 5.92 Å². The standard InChI is InChI=1S/C12H16O5/c1-8(11(13)14)7-9-3-4-10(17-9)12(2)15-5-6-16-12/h3-4,8H,5-7H2,1-2H3,(H,13,14). The van der Waals surface area contributed by atoms with E-state index in [4.69, 9.17) is 19.0 Å². The molecule has 94 valence electrons. The van der Waals surface area contributed by atoms with E-state index in [1.165, 1.54) is 0 Å². The van der Waals surface area contributed by atoms with Gasteiger partial charge in [-0.1, -0.05) is 6.92 Å². The summed E-state index contributed by atoms with van der Waals surface area (Å²) in [6.07, 6.45) is 0.366. The van der Waals surface area contributed by atoms with Gasteiger partial charge in [0.05, 0.1) is 19.1 Å². The molecule has 1 aromatic heterocycles. The predicted octanol–water partition coefficient (Wildman–Crippen LogP) is 1.76. The van der Waals surface area contributed by atoms with Gasteiger partial charge in [-0.3, -0.25) is 4.79 Å². The van der Waals surface area contributed by atoms with Crippen molar-refractivity contribution in [2.75, 3.05) is 13.2 Å². The van der Waals surface area contributed by atoms with Gasteiger partial charge in [-0.25, -0.2) is 0 Å². The summed E-state index contributed by atoms with van der Waals surface area (Å²) < 4.78 is 16.5. The Bertz CT molecular complexity index is 403. The number of carbonyl (C=O) groups is 1. The van der Waals surface area contributed by atoms with Crippen LogP contribution >= 0.6 is 0 Å². The molecule has 0 radical (unpaired) electrons. The van der Waals surface area contributed by atoms with E-state index in [1.807, 2.05) is 0 Å².